The Morgan fingerprint density at radius 1 is 0.549 bits per heavy atom. The van der Waals surface area contributed by atoms with Crippen LogP contribution < -0.4 is 4.90 Å². The summed E-state index contributed by atoms with van der Waals surface area (Å²) in [7, 11) is -3.25. The van der Waals surface area contributed by atoms with E-state index >= 15 is 0 Å². The van der Waals surface area contributed by atoms with Gasteiger partial charge in [-0.15, -0.1) is 0 Å². The molecule has 1 heterocycles. The molecule has 0 N–H and O–H groups in total. The van der Waals surface area contributed by atoms with Crippen LogP contribution in [0.3, 0.4) is 0 Å². The molecule has 0 saturated carbocycles. The zero-order valence-corrected chi connectivity index (χ0v) is 31.8. The lowest BCUT2D eigenvalue weighted by Gasteiger charge is -2.23. The summed E-state index contributed by atoms with van der Waals surface area (Å²) in [5.41, 5.74) is 5.36. The van der Waals surface area contributed by atoms with E-state index in [0.29, 0.717) is 17.0 Å². The van der Waals surface area contributed by atoms with E-state index in [2.05, 4.69) is 94.2 Å². The number of hydrogen-bond donors (Lipinski definition) is 0. The lowest BCUT2D eigenvalue weighted by molar-refractivity contribution is 0.537. The van der Waals surface area contributed by atoms with Gasteiger partial charge in [-0.25, -0.2) is 8.42 Å². The number of para-hydroxylation sites is 2. The first-order valence-electron chi connectivity index (χ1n) is 19.6. The first-order chi connectivity index (χ1) is 25.0. The SMILES string of the molecule is CCCCCCS(=O)(=O)c1ccc(N=Nc2ccc(N(CC)CCCCCCCCCCCCn3c4ccccc4c4ccccc43)cc2)cc1. The maximum Gasteiger partial charge on any atom is 0.178 e. The summed E-state index contributed by atoms with van der Waals surface area (Å²) in [5.74, 6) is 0.197. The predicted molar refractivity (Wildman–Crippen MR) is 217 cm³/mol. The molecule has 5 rings (SSSR count). The number of aryl methyl sites for hydroxylation is 1. The van der Waals surface area contributed by atoms with Crippen LogP contribution in [0.2, 0.25) is 0 Å². The van der Waals surface area contributed by atoms with Crippen LogP contribution in [0.4, 0.5) is 17.1 Å². The third-order valence-corrected chi connectivity index (χ3v) is 11.9. The Balaban J connectivity index is 0.929. The molecule has 272 valence electrons. The van der Waals surface area contributed by atoms with Crippen molar-refractivity contribution in [1.29, 1.82) is 0 Å². The van der Waals surface area contributed by atoms with Crippen LogP contribution in [0.15, 0.2) is 112 Å². The fraction of sp³-hybridized carbons (Fsp3) is 0.455. The molecule has 5 aromatic rings. The summed E-state index contributed by atoms with van der Waals surface area (Å²) >= 11 is 0. The van der Waals surface area contributed by atoms with E-state index in [1.807, 2.05) is 12.1 Å². The molecule has 0 fully saturated rings. The van der Waals surface area contributed by atoms with Crippen LogP contribution >= 0.6 is 0 Å². The number of hydrogen-bond acceptors (Lipinski definition) is 5. The molecule has 0 aliphatic carbocycles. The van der Waals surface area contributed by atoms with Gasteiger partial charge in [-0.05, 0) is 86.8 Å². The van der Waals surface area contributed by atoms with E-state index in [1.165, 1.54) is 91.7 Å². The van der Waals surface area contributed by atoms with E-state index in [9.17, 15) is 8.42 Å². The number of fused-ring (bicyclic) bond motifs is 3. The molecule has 0 unspecified atom stereocenters. The minimum Gasteiger partial charge on any atom is -0.372 e. The molecule has 1 aromatic heterocycles. The Labute approximate surface area is 306 Å². The number of sulfone groups is 1. The van der Waals surface area contributed by atoms with E-state index in [4.69, 9.17) is 0 Å². The number of nitrogens with zero attached hydrogens (tertiary/aromatic N) is 4. The lowest BCUT2D eigenvalue weighted by Crippen LogP contribution is -2.23. The topological polar surface area (TPSA) is 67.0 Å². The summed E-state index contributed by atoms with van der Waals surface area (Å²) in [6, 6.07) is 32.6. The average molecular weight is 707 g/mol. The maximum absolute atomic E-state index is 12.6. The molecular formula is C44H58N4O2S. The van der Waals surface area contributed by atoms with Crippen LogP contribution in [-0.4, -0.2) is 31.8 Å². The molecule has 0 bridgehead atoms. The normalized spacial score (nSPS) is 12.0. The van der Waals surface area contributed by atoms with Crippen molar-refractivity contribution in [3.8, 4) is 0 Å². The fourth-order valence-corrected chi connectivity index (χ4v) is 8.47. The van der Waals surface area contributed by atoms with Gasteiger partial charge < -0.3 is 9.47 Å². The number of azo groups is 1. The lowest BCUT2D eigenvalue weighted by atomic mass is 10.1. The zero-order valence-electron chi connectivity index (χ0n) is 31.0. The highest BCUT2D eigenvalue weighted by molar-refractivity contribution is 7.91. The van der Waals surface area contributed by atoms with Gasteiger partial charge in [0.2, 0.25) is 0 Å². The first kappa shape index (κ1) is 38.3. The van der Waals surface area contributed by atoms with E-state index in [1.54, 1.807) is 24.3 Å². The first-order valence-corrected chi connectivity index (χ1v) is 21.2. The second-order valence-electron chi connectivity index (χ2n) is 13.9. The Bertz CT molecular complexity index is 1840. The van der Waals surface area contributed by atoms with Crippen molar-refractivity contribution in [3.63, 3.8) is 0 Å². The second-order valence-corrected chi connectivity index (χ2v) is 16.0. The summed E-state index contributed by atoms with van der Waals surface area (Å²) in [6.45, 7) is 7.48. The molecule has 0 spiro atoms. The van der Waals surface area contributed by atoms with Gasteiger partial charge in [0.15, 0.2) is 9.84 Å². The molecule has 0 amide bonds. The van der Waals surface area contributed by atoms with Gasteiger partial charge in [-0.1, -0.05) is 114 Å². The highest BCUT2D eigenvalue weighted by Gasteiger charge is 2.14. The number of aromatic nitrogens is 1. The van der Waals surface area contributed by atoms with Crippen LogP contribution in [-0.2, 0) is 16.4 Å². The standard InChI is InChI=1S/C44H58N4O2S/c1-3-5-6-21-36-51(49,50)40-32-28-38(29-33-40)46-45-37-26-30-39(31-27-37)47(4-2)34-19-13-11-9-7-8-10-12-14-20-35-48-43-24-17-15-22-41(43)42-23-16-18-25-44(42)48/h15-18,22-33H,3-14,19-21,34-36H2,1-2H3. The molecule has 51 heavy (non-hydrogen) atoms. The monoisotopic (exact) mass is 706 g/mol. The molecule has 7 heteroatoms. The van der Waals surface area contributed by atoms with Gasteiger partial charge in [0.05, 0.1) is 22.0 Å². The zero-order chi connectivity index (χ0) is 35.7. The summed E-state index contributed by atoms with van der Waals surface area (Å²) in [4.78, 5) is 2.79. The number of unbranched alkanes of at least 4 members (excludes halogenated alkanes) is 12. The quantitative estimate of drug-likeness (QED) is 0.0501. The van der Waals surface area contributed by atoms with Gasteiger partial charge in [-0.3, -0.25) is 0 Å². The fourth-order valence-electron chi connectivity index (χ4n) is 7.10. The van der Waals surface area contributed by atoms with Crippen LogP contribution in [0, 0.1) is 0 Å². The van der Waals surface area contributed by atoms with Crippen molar-refractivity contribution in [2.45, 2.75) is 115 Å². The largest absolute Gasteiger partial charge is 0.372 e. The minimum absolute atomic E-state index is 0.197. The molecule has 6 nitrogen and oxygen atoms in total. The van der Waals surface area contributed by atoms with Gasteiger partial charge in [0.25, 0.3) is 0 Å². The van der Waals surface area contributed by atoms with Crippen molar-refractivity contribution in [1.82, 2.24) is 4.57 Å². The third-order valence-electron chi connectivity index (χ3n) is 10.1. The van der Waals surface area contributed by atoms with Crippen LogP contribution in [0.25, 0.3) is 21.8 Å². The van der Waals surface area contributed by atoms with Gasteiger partial charge in [0, 0.05) is 47.1 Å². The van der Waals surface area contributed by atoms with Gasteiger partial charge in [-0.2, -0.15) is 10.2 Å². The van der Waals surface area contributed by atoms with Crippen molar-refractivity contribution in [2.75, 3.05) is 23.7 Å². The number of anilines is 1. The van der Waals surface area contributed by atoms with Crippen LogP contribution in [0.5, 0.6) is 0 Å². The third kappa shape index (κ3) is 11.3. The van der Waals surface area contributed by atoms with E-state index in [0.717, 1.165) is 44.6 Å². The van der Waals surface area contributed by atoms with Crippen molar-refractivity contribution < 1.29 is 8.42 Å². The minimum atomic E-state index is -3.25. The Morgan fingerprint density at radius 3 is 1.59 bits per heavy atom. The highest BCUT2D eigenvalue weighted by Crippen LogP contribution is 2.29. The molecule has 0 saturated heterocycles. The van der Waals surface area contributed by atoms with Gasteiger partial charge in [0.1, 0.15) is 0 Å². The molecule has 0 radical (unpaired) electrons. The van der Waals surface area contributed by atoms with Gasteiger partial charge >= 0.3 is 0 Å². The summed E-state index contributed by atoms with van der Waals surface area (Å²) < 4.78 is 27.7. The molecule has 0 atom stereocenters. The Hall–Kier alpha value is -3.97. The Kier molecular flexibility index (Phi) is 15.1. The molecule has 0 aliphatic heterocycles. The van der Waals surface area contributed by atoms with E-state index < -0.39 is 9.84 Å². The molecule has 0 aliphatic rings. The maximum atomic E-state index is 12.6. The summed E-state index contributed by atoms with van der Waals surface area (Å²) in [5, 5.41) is 11.5. The predicted octanol–water partition coefficient (Wildman–Crippen LogP) is 13.0. The van der Waals surface area contributed by atoms with Crippen LogP contribution in [0.1, 0.15) is 104 Å². The highest BCUT2D eigenvalue weighted by atomic mass is 32.2. The smallest absolute Gasteiger partial charge is 0.178 e. The molecular weight excluding hydrogens is 649 g/mol. The van der Waals surface area contributed by atoms with Crippen molar-refractivity contribution >= 4 is 48.7 Å². The average Bonchev–Trinajstić information content (AvgIpc) is 3.48. The number of benzene rings is 4. The second kappa shape index (κ2) is 20.2. The van der Waals surface area contributed by atoms with E-state index in [-0.39, 0.29) is 5.75 Å². The van der Waals surface area contributed by atoms with Crippen molar-refractivity contribution in [3.05, 3.63) is 97.1 Å². The van der Waals surface area contributed by atoms with Crippen molar-refractivity contribution in [2.24, 2.45) is 10.2 Å². The number of rotatable bonds is 23. The molecule has 4 aromatic carbocycles. The Morgan fingerprint density at radius 2 is 1.04 bits per heavy atom. The summed E-state index contributed by atoms with van der Waals surface area (Å²) in [6.07, 6.45) is 16.9.